The standard InChI is InChI=1S/C23H28N4O5S/c1-16(26-33(31,32)21-12-10-20(11-13-21)24-17(2)28)23(30)27-14-6-7-18(15-27)22(29)25-19-8-4-3-5-9-19/h3-5,8-13,16,18,26H,6-7,14-15H2,1-2H3,(H,24,28)(H,25,29)/t16-,18-/m1/s1. The molecule has 0 bridgehead atoms. The Morgan fingerprint density at radius 2 is 1.61 bits per heavy atom. The van der Waals surface area contributed by atoms with Gasteiger partial charge in [0.05, 0.1) is 16.9 Å². The van der Waals surface area contributed by atoms with Crippen LogP contribution in [0.2, 0.25) is 0 Å². The van der Waals surface area contributed by atoms with Crippen molar-refractivity contribution in [3.63, 3.8) is 0 Å². The van der Waals surface area contributed by atoms with Crippen molar-refractivity contribution in [1.82, 2.24) is 9.62 Å². The van der Waals surface area contributed by atoms with E-state index in [1.807, 2.05) is 18.2 Å². The molecule has 1 fully saturated rings. The van der Waals surface area contributed by atoms with Crippen LogP contribution in [0, 0.1) is 5.92 Å². The molecule has 2 aromatic carbocycles. The van der Waals surface area contributed by atoms with Gasteiger partial charge in [-0.2, -0.15) is 4.72 Å². The molecule has 1 saturated heterocycles. The van der Waals surface area contributed by atoms with Gasteiger partial charge in [0.25, 0.3) is 0 Å². The van der Waals surface area contributed by atoms with Crippen molar-refractivity contribution in [2.24, 2.45) is 5.92 Å². The summed E-state index contributed by atoms with van der Waals surface area (Å²) >= 11 is 0. The first-order valence-electron chi connectivity index (χ1n) is 10.7. The van der Waals surface area contributed by atoms with Gasteiger partial charge in [-0.25, -0.2) is 8.42 Å². The van der Waals surface area contributed by atoms with Crippen molar-refractivity contribution in [2.45, 2.75) is 37.6 Å². The summed E-state index contributed by atoms with van der Waals surface area (Å²) in [4.78, 5) is 38.2. The molecule has 0 saturated carbocycles. The van der Waals surface area contributed by atoms with Crippen molar-refractivity contribution >= 4 is 39.1 Å². The van der Waals surface area contributed by atoms with Crippen LogP contribution in [-0.2, 0) is 24.4 Å². The van der Waals surface area contributed by atoms with Gasteiger partial charge < -0.3 is 15.5 Å². The number of carbonyl (C=O) groups is 3. The molecule has 3 amide bonds. The first kappa shape index (κ1) is 24.4. The van der Waals surface area contributed by atoms with Gasteiger partial charge in [-0.05, 0) is 56.2 Å². The van der Waals surface area contributed by atoms with Gasteiger partial charge in [0.1, 0.15) is 0 Å². The molecule has 2 aromatic rings. The second-order valence-corrected chi connectivity index (χ2v) is 9.74. The van der Waals surface area contributed by atoms with Crippen LogP contribution in [-0.4, -0.2) is 50.2 Å². The minimum Gasteiger partial charge on any atom is -0.341 e. The van der Waals surface area contributed by atoms with E-state index in [2.05, 4.69) is 15.4 Å². The molecule has 176 valence electrons. The highest BCUT2D eigenvalue weighted by Gasteiger charge is 2.32. The van der Waals surface area contributed by atoms with Crippen molar-refractivity contribution in [3.8, 4) is 0 Å². The van der Waals surface area contributed by atoms with E-state index in [1.54, 1.807) is 12.1 Å². The lowest BCUT2D eigenvalue weighted by atomic mass is 9.96. The van der Waals surface area contributed by atoms with E-state index >= 15 is 0 Å². The van der Waals surface area contributed by atoms with Crippen molar-refractivity contribution in [2.75, 3.05) is 23.7 Å². The molecule has 0 aromatic heterocycles. The van der Waals surface area contributed by atoms with E-state index in [9.17, 15) is 22.8 Å². The van der Waals surface area contributed by atoms with Gasteiger partial charge in [0, 0.05) is 31.4 Å². The molecule has 1 aliphatic heterocycles. The Morgan fingerprint density at radius 1 is 0.970 bits per heavy atom. The zero-order valence-electron chi connectivity index (χ0n) is 18.6. The fraction of sp³-hybridized carbons (Fsp3) is 0.348. The first-order valence-corrected chi connectivity index (χ1v) is 12.2. The highest BCUT2D eigenvalue weighted by Crippen LogP contribution is 2.20. The van der Waals surface area contributed by atoms with E-state index in [0.29, 0.717) is 30.8 Å². The fourth-order valence-electron chi connectivity index (χ4n) is 3.70. The summed E-state index contributed by atoms with van der Waals surface area (Å²) in [6.45, 7) is 3.54. The highest BCUT2D eigenvalue weighted by atomic mass is 32.2. The summed E-state index contributed by atoms with van der Waals surface area (Å²) in [7, 11) is -3.95. The number of sulfonamides is 1. The average Bonchev–Trinajstić information content (AvgIpc) is 2.79. The smallest absolute Gasteiger partial charge is 0.241 e. The Balaban J connectivity index is 1.60. The molecule has 0 unspecified atom stereocenters. The highest BCUT2D eigenvalue weighted by molar-refractivity contribution is 7.89. The second-order valence-electron chi connectivity index (χ2n) is 8.03. The molecular weight excluding hydrogens is 444 g/mol. The number of anilines is 2. The molecule has 0 aliphatic carbocycles. The van der Waals surface area contributed by atoms with Gasteiger partial charge in [0.2, 0.25) is 27.7 Å². The van der Waals surface area contributed by atoms with Crippen molar-refractivity contribution in [1.29, 1.82) is 0 Å². The van der Waals surface area contributed by atoms with Crippen LogP contribution in [0.15, 0.2) is 59.5 Å². The Kier molecular flexibility index (Phi) is 7.83. The third kappa shape index (κ3) is 6.62. The number of benzene rings is 2. The number of hydrogen-bond acceptors (Lipinski definition) is 5. The third-order valence-corrected chi connectivity index (χ3v) is 6.89. The molecule has 33 heavy (non-hydrogen) atoms. The molecule has 9 nitrogen and oxygen atoms in total. The maximum absolute atomic E-state index is 12.9. The third-order valence-electron chi connectivity index (χ3n) is 5.33. The molecular formula is C23H28N4O5S. The molecule has 1 heterocycles. The van der Waals surface area contributed by atoms with Gasteiger partial charge in [-0.3, -0.25) is 14.4 Å². The van der Waals surface area contributed by atoms with E-state index < -0.39 is 16.1 Å². The molecule has 2 atom stereocenters. The number of likely N-dealkylation sites (tertiary alicyclic amines) is 1. The topological polar surface area (TPSA) is 125 Å². The summed E-state index contributed by atoms with van der Waals surface area (Å²) < 4.78 is 27.8. The van der Waals surface area contributed by atoms with E-state index in [0.717, 1.165) is 0 Å². The minimum atomic E-state index is -3.95. The number of piperidine rings is 1. The van der Waals surface area contributed by atoms with Crippen LogP contribution >= 0.6 is 0 Å². The summed E-state index contributed by atoms with van der Waals surface area (Å²) in [6, 6.07) is 13.8. The number of nitrogens with zero attached hydrogens (tertiary/aromatic N) is 1. The number of hydrogen-bond donors (Lipinski definition) is 3. The Morgan fingerprint density at radius 3 is 2.24 bits per heavy atom. The molecule has 10 heteroatoms. The normalized spacial score (nSPS) is 17.2. The van der Waals surface area contributed by atoms with Crippen molar-refractivity contribution in [3.05, 3.63) is 54.6 Å². The first-order chi connectivity index (χ1) is 15.7. The Bertz CT molecular complexity index is 1100. The van der Waals surface area contributed by atoms with Crippen LogP contribution in [0.25, 0.3) is 0 Å². The lowest BCUT2D eigenvalue weighted by Gasteiger charge is -2.33. The number of carbonyl (C=O) groups excluding carboxylic acids is 3. The lowest BCUT2D eigenvalue weighted by Crippen LogP contribution is -2.51. The Hall–Kier alpha value is -3.24. The SMILES string of the molecule is CC(=O)Nc1ccc(S(=O)(=O)N[C@H](C)C(=O)N2CCC[C@@H](C(=O)Nc3ccccc3)C2)cc1. The lowest BCUT2D eigenvalue weighted by molar-refractivity contribution is -0.135. The van der Waals surface area contributed by atoms with E-state index in [4.69, 9.17) is 0 Å². The summed E-state index contributed by atoms with van der Waals surface area (Å²) in [5, 5.41) is 5.43. The second kappa shape index (κ2) is 10.6. The number of para-hydroxylation sites is 1. The summed E-state index contributed by atoms with van der Waals surface area (Å²) in [5.41, 5.74) is 1.16. The van der Waals surface area contributed by atoms with Crippen LogP contribution in [0.4, 0.5) is 11.4 Å². The number of nitrogens with one attached hydrogen (secondary N) is 3. The number of amides is 3. The fourth-order valence-corrected chi connectivity index (χ4v) is 4.90. The predicted octanol–water partition coefficient (Wildman–Crippen LogP) is 2.19. The number of rotatable bonds is 7. The van der Waals surface area contributed by atoms with Crippen LogP contribution in [0.5, 0.6) is 0 Å². The van der Waals surface area contributed by atoms with Crippen LogP contribution in [0.1, 0.15) is 26.7 Å². The van der Waals surface area contributed by atoms with Gasteiger partial charge in [0.15, 0.2) is 0 Å². The zero-order chi connectivity index (χ0) is 24.0. The van der Waals surface area contributed by atoms with Crippen LogP contribution < -0.4 is 15.4 Å². The maximum Gasteiger partial charge on any atom is 0.241 e. The van der Waals surface area contributed by atoms with E-state index in [1.165, 1.54) is 43.0 Å². The summed E-state index contributed by atoms with van der Waals surface area (Å²) in [5.74, 6) is -1.18. The Labute approximate surface area is 193 Å². The zero-order valence-corrected chi connectivity index (χ0v) is 19.4. The molecule has 0 radical (unpaired) electrons. The van der Waals surface area contributed by atoms with E-state index in [-0.39, 0.29) is 35.1 Å². The van der Waals surface area contributed by atoms with Crippen LogP contribution in [0.3, 0.4) is 0 Å². The molecule has 3 N–H and O–H groups in total. The van der Waals surface area contributed by atoms with Crippen molar-refractivity contribution < 1.29 is 22.8 Å². The molecule has 0 spiro atoms. The average molecular weight is 473 g/mol. The summed E-state index contributed by atoms with van der Waals surface area (Å²) in [6.07, 6.45) is 1.31. The molecule has 3 rings (SSSR count). The van der Waals surface area contributed by atoms with Gasteiger partial charge in [-0.15, -0.1) is 0 Å². The van der Waals surface area contributed by atoms with Gasteiger partial charge in [-0.1, -0.05) is 18.2 Å². The molecule has 1 aliphatic rings. The minimum absolute atomic E-state index is 0.0185. The quantitative estimate of drug-likeness (QED) is 0.570. The van der Waals surface area contributed by atoms with Gasteiger partial charge >= 0.3 is 0 Å². The predicted molar refractivity (Wildman–Crippen MR) is 125 cm³/mol. The maximum atomic E-state index is 12.9. The monoisotopic (exact) mass is 472 g/mol. The largest absolute Gasteiger partial charge is 0.341 e.